The second kappa shape index (κ2) is 7.76. The second-order valence-electron chi connectivity index (χ2n) is 7.30. The van der Waals surface area contributed by atoms with Crippen molar-refractivity contribution in [2.75, 3.05) is 18.6 Å². The Labute approximate surface area is 178 Å². The van der Waals surface area contributed by atoms with E-state index in [1.807, 2.05) is 37.3 Å². The van der Waals surface area contributed by atoms with E-state index in [4.69, 9.17) is 9.47 Å². The molecule has 1 amide bonds. The van der Waals surface area contributed by atoms with Crippen molar-refractivity contribution in [3.8, 4) is 0 Å². The third kappa shape index (κ3) is 3.20. The molecule has 0 aliphatic carbocycles. The molecule has 0 bridgehead atoms. The van der Waals surface area contributed by atoms with E-state index in [0.717, 1.165) is 27.7 Å². The lowest BCUT2D eigenvalue weighted by atomic mass is 9.83. The third-order valence-corrected chi connectivity index (χ3v) is 6.27. The fraction of sp³-hybridized carbons (Fsp3) is 0.304. The van der Waals surface area contributed by atoms with E-state index in [0.29, 0.717) is 18.7 Å². The molecule has 2 aromatic rings. The van der Waals surface area contributed by atoms with Crippen molar-refractivity contribution >= 4 is 33.5 Å². The van der Waals surface area contributed by atoms with Crippen LogP contribution in [0.4, 0.5) is 5.69 Å². The minimum atomic E-state index is -1.03. The lowest BCUT2D eigenvalue weighted by Crippen LogP contribution is -2.46. The Morgan fingerprint density at radius 2 is 2.03 bits per heavy atom. The number of amides is 1. The Bertz CT molecular complexity index is 985. The number of halogens is 1. The number of methoxy groups -OCH3 is 1. The highest BCUT2D eigenvalue weighted by Gasteiger charge is 2.56. The van der Waals surface area contributed by atoms with Gasteiger partial charge in [-0.05, 0) is 36.2 Å². The lowest BCUT2D eigenvalue weighted by molar-refractivity contribution is -0.148. The van der Waals surface area contributed by atoms with Crippen LogP contribution in [-0.2, 0) is 26.4 Å². The van der Waals surface area contributed by atoms with Crippen LogP contribution in [0.3, 0.4) is 0 Å². The lowest BCUT2D eigenvalue weighted by Gasteiger charge is -2.32. The maximum Gasteiger partial charge on any atom is 0.337 e. The topological polar surface area (TPSA) is 55.8 Å². The molecule has 0 radical (unpaired) electrons. The minimum Gasteiger partial charge on any atom is -0.465 e. The average Bonchev–Trinajstić information content (AvgIpc) is 2.84. The first-order valence-electron chi connectivity index (χ1n) is 9.58. The summed E-state index contributed by atoms with van der Waals surface area (Å²) in [5.74, 6) is -0.536. The van der Waals surface area contributed by atoms with Crippen LogP contribution in [0, 0.1) is 5.92 Å². The molecule has 2 aliphatic rings. The number of anilines is 1. The molecule has 0 saturated heterocycles. The molecule has 2 atom stereocenters. The Morgan fingerprint density at radius 1 is 1.28 bits per heavy atom. The molecule has 1 spiro atoms. The SMILES string of the molecule is COC(=O)c1ccc(CN2C(=O)[C@]3(OCCC=C[C@H]3C)c3c(Br)cccc32)cc1. The van der Waals surface area contributed by atoms with Gasteiger partial charge in [-0.3, -0.25) is 4.79 Å². The quantitative estimate of drug-likeness (QED) is 0.501. The van der Waals surface area contributed by atoms with Crippen LogP contribution in [0.2, 0.25) is 0 Å². The maximum atomic E-state index is 13.8. The third-order valence-electron chi connectivity index (χ3n) is 5.61. The van der Waals surface area contributed by atoms with Crippen LogP contribution in [0.25, 0.3) is 0 Å². The summed E-state index contributed by atoms with van der Waals surface area (Å²) in [6.45, 7) is 2.91. The van der Waals surface area contributed by atoms with Gasteiger partial charge in [-0.1, -0.05) is 53.2 Å². The second-order valence-corrected chi connectivity index (χ2v) is 8.16. The van der Waals surface area contributed by atoms with Crippen molar-refractivity contribution in [2.45, 2.75) is 25.5 Å². The summed E-state index contributed by atoms with van der Waals surface area (Å²) in [6.07, 6.45) is 4.94. The van der Waals surface area contributed by atoms with Crippen LogP contribution >= 0.6 is 15.9 Å². The number of benzene rings is 2. The molecule has 6 heteroatoms. The normalized spacial score (nSPS) is 23.2. The van der Waals surface area contributed by atoms with E-state index in [1.54, 1.807) is 17.0 Å². The van der Waals surface area contributed by atoms with E-state index >= 15 is 0 Å². The highest BCUT2D eigenvalue weighted by molar-refractivity contribution is 9.10. The standard InChI is InChI=1S/C23H22BrNO4/c1-15-6-3-4-13-29-23(15)20-18(24)7-5-8-19(20)25(22(23)27)14-16-9-11-17(12-10-16)21(26)28-2/h3,5-12,15H,4,13-14H2,1-2H3/t15-,23-/m1/s1. The number of rotatable bonds is 3. The average molecular weight is 456 g/mol. The summed E-state index contributed by atoms with van der Waals surface area (Å²) in [4.78, 5) is 27.2. The number of carbonyl (C=O) groups is 2. The van der Waals surface area contributed by atoms with Crippen LogP contribution in [0.15, 0.2) is 59.1 Å². The number of hydrogen-bond acceptors (Lipinski definition) is 4. The van der Waals surface area contributed by atoms with Crippen molar-refractivity contribution in [3.05, 3.63) is 75.8 Å². The van der Waals surface area contributed by atoms with Gasteiger partial charge in [-0.2, -0.15) is 0 Å². The number of esters is 1. The van der Waals surface area contributed by atoms with Crippen LogP contribution < -0.4 is 4.90 Å². The fourth-order valence-corrected chi connectivity index (χ4v) is 4.79. The smallest absolute Gasteiger partial charge is 0.337 e. The summed E-state index contributed by atoms with van der Waals surface area (Å²) < 4.78 is 11.9. The van der Waals surface area contributed by atoms with Crippen molar-refractivity contribution in [2.24, 2.45) is 5.92 Å². The van der Waals surface area contributed by atoms with Gasteiger partial charge >= 0.3 is 5.97 Å². The fourth-order valence-electron chi connectivity index (χ4n) is 4.14. The first-order chi connectivity index (χ1) is 14.0. The van der Waals surface area contributed by atoms with Crippen LogP contribution in [-0.4, -0.2) is 25.6 Å². The van der Waals surface area contributed by atoms with E-state index in [2.05, 4.69) is 28.1 Å². The zero-order valence-corrected chi connectivity index (χ0v) is 17.9. The molecule has 0 N–H and O–H groups in total. The van der Waals surface area contributed by atoms with Crippen molar-refractivity contribution in [1.29, 1.82) is 0 Å². The summed E-state index contributed by atoms with van der Waals surface area (Å²) in [7, 11) is 1.36. The highest BCUT2D eigenvalue weighted by Crippen LogP contribution is 2.51. The molecule has 0 fully saturated rings. The van der Waals surface area contributed by atoms with Gasteiger partial charge < -0.3 is 14.4 Å². The van der Waals surface area contributed by atoms with Gasteiger partial charge in [0, 0.05) is 16.0 Å². The van der Waals surface area contributed by atoms with E-state index in [1.165, 1.54) is 7.11 Å². The monoisotopic (exact) mass is 455 g/mol. The van der Waals surface area contributed by atoms with Gasteiger partial charge in [-0.15, -0.1) is 0 Å². The summed E-state index contributed by atoms with van der Waals surface area (Å²) in [6, 6.07) is 13.0. The molecule has 150 valence electrons. The molecule has 2 aliphatic heterocycles. The molecule has 29 heavy (non-hydrogen) atoms. The Hall–Kier alpha value is -2.44. The van der Waals surface area contributed by atoms with E-state index in [9.17, 15) is 9.59 Å². The molecule has 0 saturated carbocycles. The van der Waals surface area contributed by atoms with Crippen LogP contribution in [0.1, 0.15) is 34.8 Å². The van der Waals surface area contributed by atoms with Crippen molar-refractivity contribution < 1.29 is 19.1 Å². The summed E-state index contributed by atoms with van der Waals surface area (Å²) >= 11 is 3.65. The van der Waals surface area contributed by atoms with Gasteiger partial charge in [-0.25, -0.2) is 4.79 Å². The zero-order valence-electron chi connectivity index (χ0n) is 16.4. The van der Waals surface area contributed by atoms with E-state index in [-0.39, 0.29) is 17.8 Å². The first-order valence-corrected chi connectivity index (χ1v) is 10.4. The zero-order chi connectivity index (χ0) is 20.6. The van der Waals surface area contributed by atoms with Crippen molar-refractivity contribution in [3.63, 3.8) is 0 Å². The molecule has 4 rings (SSSR count). The number of hydrogen-bond donors (Lipinski definition) is 0. The predicted octanol–water partition coefficient (Wildman–Crippen LogP) is 4.59. The molecular weight excluding hydrogens is 434 g/mol. The molecule has 0 aromatic heterocycles. The van der Waals surface area contributed by atoms with Gasteiger partial charge in [0.05, 0.1) is 31.5 Å². The maximum absolute atomic E-state index is 13.8. The Balaban J connectivity index is 1.74. The summed E-state index contributed by atoms with van der Waals surface area (Å²) in [5, 5.41) is 0. The van der Waals surface area contributed by atoms with Gasteiger partial charge in [0.25, 0.3) is 5.91 Å². The van der Waals surface area contributed by atoms with Crippen molar-refractivity contribution in [1.82, 2.24) is 0 Å². The molecule has 5 nitrogen and oxygen atoms in total. The minimum absolute atomic E-state index is 0.0597. The van der Waals surface area contributed by atoms with E-state index < -0.39 is 5.60 Å². The highest BCUT2D eigenvalue weighted by atomic mass is 79.9. The predicted molar refractivity (Wildman–Crippen MR) is 114 cm³/mol. The number of nitrogens with zero attached hydrogens (tertiary/aromatic N) is 1. The molecule has 0 unspecified atom stereocenters. The van der Waals surface area contributed by atoms with Gasteiger partial charge in [0.15, 0.2) is 5.60 Å². The van der Waals surface area contributed by atoms with Crippen LogP contribution in [0.5, 0.6) is 0 Å². The number of fused-ring (bicyclic) bond motifs is 2. The number of ether oxygens (including phenoxy) is 2. The number of carbonyl (C=O) groups excluding carboxylic acids is 2. The molecule has 2 heterocycles. The van der Waals surface area contributed by atoms with Gasteiger partial charge in [0.2, 0.25) is 0 Å². The largest absolute Gasteiger partial charge is 0.465 e. The Morgan fingerprint density at radius 3 is 2.76 bits per heavy atom. The first kappa shape index (κ1) is 19.9. The molecular formula is C23H22BrNO4. The molecule has 2 aromatic carbocycles. The Kier molecular flexibility index (Phi) is 5.32. The van der Waals surface area contributed by atoms with Gasteiger partial charge in [0.1, 0.15) is 0 Å². The summed E-state index contributed by atoms with van der Waals surface area (Å²) in [5.41, 5.74) is 2.10.